The van der Waals surface area contributed by atoms with E-state index in [1.807, 2.05) is 6.92 Å². The lowest BCUT2D eigenvalue weighted by atomic mass is 10.2. The average Bonchev–Trinajstić information content (AvgIpc) is 2.30. The Balaban J connectivity index is 2.70. The number of halogens is 1. The molecule has 0 aliphatic carbocycles. The second-order valence-electron chi connectivity index (χ2n) is 3.32. The van der Waals surface area contributed by atoms with E-state index in [2.05, 4.69) is 4.85 Å². The smallest absolute Gasteiger partial charge is 0.190 e. The number of nitrogens with zero attached hydrogens (tertiary/aromatic N) is 1. The van der Waals surface area contributed by atoms with Crippen molar-refractivity contribution in [3.63, 3.8) is 0 Å². The van der Waals surface area contributed by atoms with Crippen molar-refractivity contribution in [1.29, 1.82) is 0 Å². The summed E-state index contributed by atoms with van der Waals surface area (Å²) in [6, 6.07) is 5.12. The van der Waals surface area contributed by atoms with Crippen molar-refractivity contribution in [2.45, 2.75) is 6.92 Å². The Morgan fingerprint density at radius 1 is 1.62 bits per heavy atom. The van der Waals surface area contributed by atoms with E-state index >= 15 is 0 Å². The molecule has 0 bridgehead atoms. The molecule has 0 fully saturated rings. The summed E-state index contributed by atoms with van der Waals surface area (Å²) in [5, 5.41) is 0. The van der Waals surface area contributed by atoms with E-state index in [0.717, 1.165) is 5.56 Å². The quantitative estimate of drug-likeness (QED) is 0.792. The molecule has 0 atom stereocenters. The third kappa shape index (κ3) is 3.07. The van der Waals surface area contributed by atoms with Gasteiger partial charge in [-0.1, -0.05) is 6.07 Å². The molecule has 0 aliphatic rings. The number of hydrogen-bond donors (Lipinski definition) is 1. The normalized spacial score (nSPS) is 11.0. The number of ether oxygens (including phenoxy) is 1. The van der Waals surface area contributed by atoms with Crippen LogP contribution >= 0.6 is 0 Å². The molecule has 16 heavy (non-hydrogen) atoms. The Labute approximate surface area is 94.2 Å². The Bertz CT molecular complexity index is 435. The fourth-order valence-corrected chi connectivity index (χ4v) is 1.15. The van der Waals surface area contributed by atoms with Crippen LogP contribution in [0.25, 0.3) is 4.85 Å². The van der Waals surface area contributed by atoms with Gasteiger partial charge in [-0.3, -0.25) is 0 Å². The van der Waals surface area contributed by atoms with Gasteiger partial charge in [0, 0.05) is 12.1 Å². The minimum absolute atomic E-state index is 0.129. The van der Waals surface area contributed by atoms with E-state index in [4.69, 9.17) is 17.0 Å². The molecule has 0 heterocycles. The molecule has 0 radical (unpaired) electrons. The summed E-state index contributed by atoms with van der Waals surface area (Å²) in [7, 11) is 0. The Morgan fingerprint density at radius 3 is 2.88 bits per heavy atom. The summed E-state index contributed by atoms with van der Waals surface area (Å²) in [5.74, 6) is 0.609. The zero-order valence-electron chi connectivity index (χ0n) is 9.03. The van der Waals surface area contributed by atoms with Crippen LogP contribution in [-0.4, -0.2) is 13.2 Å². The van der Waals surface area contributed by atoms with Crippen LogP contribution in [0.1, 0.15) is 5.56 Å². The van der Waals surface area contributed by atoms with Crippen LogP contribution in [0.15, 0.2) is 30.1 Å². The van der Waals surface area contributed by atoms with Crippen LogP contribution in [0, 0.1) is 13.5 Å². The van der Waals surface area contributed by atoms with Crippen molar-refractivity contribution in [2.75, 3.05) is 13.2 Å². The minimum Gasteiger partial charge on any atom is -0.489 e. The first-order valence-corrected chi connectivity index (χ1v) is 4.80. The Kier molecular flexibility index (Phi) is 4.49. The lowest BCUT2D eigenvalue weighted by Crippen LogP contribution is -2.10. The van der Waals surface area contributed by atoms with Crippen LogP contribution in [0.3, 0.4) is 0 Å². The fourth-order valence-electron chi connectivity index (χ4n) is 1.15. The number of rotatable bonds is 4. The fraction of sp³-hybridized carbons (Fsp3) is 0.250. The number of aryl methyl sites for hydroxylation is 1. The van der Waals surface area contributed by atoms with Crippen LogP contribution < -0.4 is 10.5 Å². The first-order chi connectivity index (χ1) is 7.71. The molecule has 84 valence electrons. The molecule has 0 amide bonds. The van der Waals surface area contributed by atoms with Gasteiger partial charge in [0.25, 0.3) is 0 Å². The minimum atomic E-state index is 0.129. The summed E-state index contributed by atoms with van der Waals surface area (Å²) in [4.78, 5) is 3.34. The predicted molar refractivity (Wildman–Crippen MR) is 61.2 cm³/mol. The first kappa shape index (κ1) is 12.2. The van der Waals surface area contributed by atoms with Crippen molar-refractivity contribution < 1.29 is 9.13 Å². The maximum absolute atomic E-state index is 12.2. The highest BCUT2D eigenvalue weighted by Crippen LogP contribution is 2.23. The van der Waals surface area contributed by atoms with Gasteiger partial charge >= 0.3 is 0 Å². The van der Waals surface area contributed by atoms with Crippen molar-refractivity contribution in [3.05, 3.63) is 47.1 Å². The summed E-state index contributed by atoms with van der Waals surface area (Å²) >= 11 is 0. The third-order valence-corrected chi connectivity index (χ3v) is 2.13. The lowest BCUT2D eigenvalue weighted by molar-refractivity contribution is 0.347. The highest BCUT2D eigenvalue weighted by Gasteiger charge is 2.01. The van der Waals surface area contributed by atoms with Gasteiger partial charge in [-0.25, -0.2) is 9.24 Å². The molecular formula is C12H13FN2O. The van der Waals surface area contributed by atoms with Crippen LogP contribution in [-0.2, 0) is 0 Å². The van der Waals surface area contributed by atoms with Gasteiger partial charge in [0.05, 0.1) is 12.9 Å². The van der Waals surface area contributed by atoms with Gasteiger partial charge in [-0.15, -0.1) is 0 Å². The molecule has 0 saturated carbocycles. The summed E-state index contributed by atoms with van der Waals surface area (Å²) < 4.78 is 17.5. The van der Waals surface area contributed by atoms with Gasteiger partial charge in [0.1, 0.15) is 12.4 Å². The van der Waals surface area contributed by atoms with Crippen molar-refractivity contribution in [1.82, 2.24) is 0 Å². The van der Waals surface area contributed by atoms with Gasteiger partial charge in [-0.2, -0.15) is 0 Å². The second kappa shape index (κ2) is 5.89. The van der Waals surface area contributed by atoms with E-state index in [1.54, 1.807) is 18.2 Å². The van der Waals surface area contributed by atoms with Crippen LogP contribution in [0.5, 0.6) is 5.75 Å². The molecule has 3 nitrogen and oxygen atoms in total. The van der Waals surface area contributed by atoms with Crippen LogP contribution in [0.2, 0.25) is 0 Å². The van der Waals surface area contributed by atoms with Crippen molar-refractivity contribution in [3.8, 4) is 5.75 Å². The third-order valence-electron chi connectivity index (χ3n) is 2.13. The summed E-state index contributed by atoms with van der Waals surface area (Å²) in [6.45, 7) is 8.99. The second-order valence-corrected chi connectivity index (χ2v) is 3.32. The highest BCUT2D eigenvalue weighted by molar-refractivity contribution is 5.54. The Morgan fingerprint density at radius 2 is 2.38 bits per heavy atom. The number of hydrogen-bond acceptors (Lipinski definition) is 2. The molecule has 1 rings (SSSR count). The SMILES string of the molecule is [C-]#[N+]c1ccc(OC/C(=C/F)CN)cc1C. The van der Waals surface area contributed by atoms with E-state index in [0.29, 0.717) is 23.3 Å². The molecule has 1 aromatic rings. The molecule has 2 N–H and O–H groups in total. The highest BCUT2D eigenvalue weighted by atomic mass is 19.1. The Hall–Kier alpha value is -1.86. The molecule has 0 saturated heterocycles. The van der Waals surface area contributed by atoms with E-state index < -0.39 is 0 Å². The molecule has 0 aliphatic heterocycles. The van der Waals surface area contributed by atoms with Gasteiger partial charge < -0.3 is 10.5 Å². The zero-order chi connectivity index (χ0) is 12.0. The monoisotopic (exact) mass is 220 g/mol. The maximum Gasteiger partial charge on any atom is 0.190 e. The van der Waals surface area contributed by atoms with E-state index in [1.165, 1.54) is 0 Å². The summed E-state index contributed by atoms with van der Waals surface area (Å²) in [6.07, 6.45) is 0.459. The summed E-state index contributed by atoms with van der Waals surface area (Å²) in [5.41, 5.74) is 7.12. The number of nitrogens with two attached hydrogens (primary N) is 1. The molecule has 0 aromatic heterocycles. The molecule has 4 heteroatoms. The molecule has 0 unspecified atom stereocenters. The van der Waals surface area contributed by atoms with Crippen molar-refractivity contribution in [2.24, 2.45) is 5.73 Å². The zero-order valence-corrected chi connectivity index (χ0v) is 9.03. The maximum atomic E-state index is 12.2. The predicted octanol–water partition coefficient (Wildman–Crippen LogP) is 2.74. The van der Waals surface area contributed by atoms with Gasteiger partial charge in [0.15, 0.2) is 5.69 Å². The average molecular weight is 220 g/mol. The van der Waals surface area contributed by atoms with Gasteiger partial charge in [0.2, 0.25) is 0 Å². The molecule has 1 aromatic carbocycles. The van der Waals surface area contributed by atoms with Gasteiger partial charge in [-0.05, 0) is 24.6 Å². The molecule has 0 spiro atoms. The van der Waals surface area contributed by atoms with E-state index in [-0.39, 0.29) is 13.2 Å². The van der Waals surface area contributed by atoms with E-state index in [9.17, 15) is 4.39 Å². The standard InChI is InChI=1S/C12H13FN2O/c1-9-5-11(3-4-12(9)15-2)16-8-10(6-13)7-14/h3-6H,7-8,14H2,1H3/b10-6+. The topological polar surface area (TPSA) is 39.6 Å². The largest absolute Gasteiger partial charge is 0.489 e. The lowest BCUT2D eigenvalue weighted by Gasteiger charge is -2.08. The van der Waals surface area contributed by atoms with Crippen LogP contribution in [0.4, 0.5) is 10.1 Å². The van der Waals surface area contributed by atoms with Crippen molar-refractivity contribution >= 4 is 5.69 Å². The first-order valence-electron chi connectivity index (χ1n) is 4.80. The molecular weight excluding hydrogens is 207 g/mol. The number of benzene rings is 1.